The molecule has 1 heterocycles. The topological polar surface area (TPSA) is 161 Å². The van der Waals surface area contributed by atoms with Gasteiger partial charge < -0.3 is 5.32 Å². The van der Waals surface area contributed by atoms with Gasteiger partial charge in [-0.1, -0.05) is 6.07 Å². The lowest BCUT2D eigenvalue weighted by Gasteiger charge is -2.20. The number of nitrogens with zero attached hydrogens (tertiary/aromatic N) is 2. The second kappa shape index (κ2) is 9.39. The summed E-state index contributed by atoms with van der Waals surface area (Å²) in [6.45, 7) is 4.93. The first-order valence-corrected chi connectivity index (χ1v) is 14.5. The molecule has 0 unspecified atom stereocenters. The van der Waals surface area contributed by atoms with E-state index < -0.39 is 40.7 Å². The molecule has 32 heavy (non-hydrogen) atoms. The van der Waals surface area contributed by atoms with E-state index in [1.807, 2.05) is 0 Å². The molecule has 0 aliphatic carbocycles. The third kappa shape index (κ3) is 8.09. The van der Waals surface area contributed by atoms with Crippen molar-refractivity contribution in [1.82, 2.24) is 14.7 Å². The Balaban J connectivity index is 2.41. The van der Waals surface area contributed by atoms with Gasteiger partial charge in [0.2, 0.25) is 25.0 Å². The Morgan fingerprint density at radius 2 is 1.69 bits per heavy atom. The maximum Gasteiger partial charge on any atom is 0.264 e. The van der Waals surface area contributed by atoms with E-state index >= 15 is 0 Å². The predicted octanol–water partition coefficient (Wildman–Crippen LogP) is 1.22. The molecular formula is C18H26N4O7S3. The van der Waals surface area contributed by atoms with E-state index in [0.717, 1.165) is 12.5 Å². The van der Waals surface area contributed by atoms with Gasteiger partial charge >= 0.3 is 0 Å². The quantitative estimate of drug-likeness (QED) is 0.373. The minimum atomic E-state index is -3.81. The lowest BCUT2D eigenvalue weighted by molar-refractivity contribution is 0.325. The molecular weight excluding hydrogens is 480 g/mol. The highest BCUT2D eigenvalue weighted by atomic mass is 32.2. The molecule has 1 aromatic heterocycles. The van der Waals surface area contributed by atoms with Gasteiger partial charge in [-0.05, 0) is 39.0 Å². The molecule has 0 fully saturated rings. The van der Waals surface area contributed by atoms with E-state index in [0.29, 0.717) is 11.3 Å². The van der Waals surface area contributed by atoms with Crippen LogP contribution in [0.25, 0.3) is 0 Å². The Hall–Kier alpha value is -2.13. The largest absolute Gasteiger partial charge is 0.340 e. The summed E-state index contributed by atoms with van der Waals surface area (Å²) >= 11 is 0. The molecule has 0 spiro atoms. The van der Waals surface area contributed by atoms with Gasteiger partial charge in [-0.2, -0.15) is 8.42 Å². The summed E-state index contributed by atoms with van der Waals surface area (Å²) in [4.78, 5) is 7.84. The molecule has 1 aromatic carbocycles. The van der Waals surface area contributed by atoms with Crippen molar-refractivity contribution < 1.29 is 29.4 Å². The average Bonchev–Trinajstić information content (AvgIpc) is 2.59. The predicted molar refractivity (Wildman–Crippen MR) is 119 cm³/mol. The number of benzene rings is 1. The fraction of sp³-hybridized carbons (Fsp3) is 0.444. The number of nitrogens with one attached hydrogen (secondary N) is 2. The molecule has 0 saturated carbocycles. The normalized spacial score (nSPS) is 13.2. The lowest BCUT2D eigenvalue weighted by atomic mass is 10.1. The first kappa shape index (κ1) is 26.1. The molecule has 2 rings (SSSR count). The Kier molecular flexibility index (Phi) is 7.67. The van der Waals surface area contributed by atoms with Gasteiger partial charge in [-0.25, -0.2) is 31.5 Å². The Bertz CT molecular complexity index is 1300. The standard InChI is InChI=1S/C18H26N4O7S3/c1-18(2,3)22-32(27,28)15-8-6-7-14(11-15)20-16-13(9-10-29-31(5,25)26)12-19-17(21-16)30(4,23)24/h6-8,11-12,22H,9-10H2,1-5H3,(H,19,20,21). The third-order valence-corrected chi connectivity index (χ3v) is 6.90. The van der Waals surface area contributed by atoms with E-state index in [1.54, 1.807) is 26.8 Å². The molecule has 0 amide bonds. The maximum atomic E-state index is 12.6. The summed E-state index contributed by atoms with van der Waals surface area (Å²) in [5.74, 6) is 0.0795. The molecule has 0 atom stereocenters. The van der Waals surface area contributed by atoms with Gasteiger partial charge in [0, 0.05) is 35.7 Å². The van der Waals surface area contributed by atoms with Gasteiger partial charge in [0.25, 0.3) is 10.1 Å². The summed E-state index contributed by atoms with van der Waals surface area (Å²) in [7, 11) is -11.2. The second-order valence-electron chi connectivity index (χ2n) is 8.08. The minimum absolute atomic E-state index is 0.00298. The number of sulfonamides is 1. The van der Waals surface area contributed by atoms with Crippen LogP contribution in [-0.4, -0.2) is 59.9 Å². The monoisotopic (exact) mass is 506 g/mol. The van der Waals surface area contributed by atoms with Crippen LogP contribution in [0.1, 0.15) is 26.3 Å². The zero-order valence-corrected chi connectivity index (χ0v) is 20.7. The summed E-state index contributed by atoms with van der Waals surface area (Å²) < 4.78 is 78.7. The highest BCUT2D eigenvalue weighted by molar-refractivity contribution is 7.90. The molecule has 0 saturated heterocycles. The van der Waals surface area contributed by atoms with Crippen LogP contribution in [0, 0.1) is 0 Å². The zero-order valence-electron chi connectivity index (χ0n) is 18.3. The maximum absolute atomic E-state index is 12.6. The third-order valence-electron chi connectivity index (χ3n) is 3.69. The molecule has 2 N–H and O–H groups in total. The number of aromatic nitrogens is 2. The van der Waals surface area contributed by atoms with Gasteiger partial charge in [-0.3, -0.25) is 4.18 Å². The zero-order chi connectivity index (χ0) is 24.4. The Morgan fingerprint density at radius 3 is 2.25 bits per heavy atom. The highest BCUT2D eigenvalue weighted by Gasteiger charge is 2.22. The number of rotatable bonds is 9. The number of anilines is 2. The SMILES string of the molecule is CC(C)(C)NS(=O)(=O)c1cccc(Nc2nc(S(C)(=O)=O)ncc2CCOS(C)(=O)=O)c1. The Morgan fingerprint density at radius 1 is 1.03 bits per heavy atom. The van der Waals surface area contributed by atoms with Crippen LogP contribution < -0.4 is 10.0 Å². The average molecular weight is 507 g/mol. The first-order chi connectivity index (χ1) is 14.5. The van der Waals surface area contributed by atoms with Crippen molar-refractivity contribution in [2.24, 2.45) is 0 Å². The Labute approximate surface area is 188 Å². The van der Waals surface area contributed by atoms with Crippen molar-refractivity contribution in [3.8, 4) is 0 Å². The van der Waals surface area contributed by atoms with Crippen LogP contribution in [0.2, 0.25) is 0 Å². The smallest absolute Gasteiger partial charge is 0.264 e. The minimum Gasteiger partial charge on any atom is -0.340 e. The molecule has 0 bridgehead atoms. The van der Waals surface area contributed by atoms with Crippen molar-refractivity contribution in [2.75, 3.05) is 24.4 Å². The van der Waals surface area contributed by atoms with E-state index in [2.05, 4.69) is 20.0 Å². The van der Waals surface area contributed by atoms with Crippen molar-refractivity contribution in [2.45, 2.75) is 42.8 Å². The molecule has 0 radical (unpaired) electrons. The van der Waals surface area contributed by atoms with Crippen molar-refractivity contribution >= 4 is 41.5 Å². The fourth-order valence-electron chi connectivity index (χ4n) is 2.50. The van der Waals surface area contributed by atoms with Gasteiger partial charge in [0.05, 0.1) is 17.8 Å². The van der Waals surface area contributed by atoms with Crippen LogP contribution in [0.5, 0.6) is 0 Å². The van der Waals surface area contributed by atoms with Crippen molar-refractivity contribution in [3.63, 3.8) is 0 Å². The van der Waals surface area contributed by atoms with E-state index in [4.69, 9.17) is 4.18 Å². The van der Waals surface area contributed by atoms with Crippen LogP contribution in [0.15, 0.2) is 40.5 Å². The number of hydrogen-bond acceptors (Lipinski definition) is 10. The molecule has 11 nitrogen and oxygen atoms in total. The fourth-order valence-corrected chi connectivity index (χ4v) is 4.85. The van der Waals surface area contributed by atoms with Crippen LogP contribution in [-0.2, 0) is 40.6 Å². The van der Waals surface area contributed by atoms with E-state index in [9.17, 15) is 25.3 Å². The summed E-state index contributed by atoms with van der Waals surface area (Å²) in [5, 5.41) is 2.46. The van der Waals surface area contributed by atoms with Crippen LogP contribution in [0.4, 0.5) is 11.5 Å². The molecule has 0 aliphatic rings. The van der Waals surface area contributed by atoms with E-state index in [-0.39, 0.29) is 23.7 Å². The number of sulfone groups is 1. The van der Waals surface area contributed by atoms with Gasteiger partial charge in [0.1, 0.15) is 5.82 Å². The van der Waals surface area contributed by atoms with Crippen LogP contribution in [0.3, 0.4) is 0 Å². The van der Waals surface area contributed by atoms with Crippen molar-refractivity contribution in [1.29, 1.82) is 0 Å². The molecule has 0 aliphatic heterocycles. The molecule has 14 heteroatoms. The number of hydrogen-bond donors (Lipinski definition) is 2. The molecule has 2 aromatic rings. The van der Waals surface area contributed by atoms with E-state index in [1.165, 1.54) is 24.4 Å². The van der Waals surface area contributed by atoms with Gasteiger partial charge in [-0.15, -0.1) is 0 Å². The molecule has 178 valence electrons. The summed E-state index contributed by atoms with van der Waals surface area (Å²) in [6.07, 6.45) is 3.17. The second-order valence-corrected chi connectivity index (χ2v) is 13.3. The lowest BCUT2D eigenvalue weighted by Crippen LogP contribution is -2.40. The summed E-state index contributed by atoms with van der Waals surface area (Å²) in [5.41, 5.74) is 0.0128. The summed E-state index contributed by atoms with van der Waals surface area (Å²) in [6, 6.07) is 5.88. The van der Waals surface area contributed by atoms with Crippen LogP contribution >= 0.6 is 0 Å². The van der Waals surface area contributed by atoms with Crippen molar-refractivity contribution in [3.05, 3.63) is 36.0 Å². The highest BCUT2D eigenvalue weighted by Crippen LogP contribution is 2.23. The van der Waals surface area contributed by atoms with Gasteiger partial charge in [0.15, 0.2) is 0 Å². The first-order valence-electron chi connectivity index (χ1n) is 9.28.